The van der Waals surface area contributed by atoms with Crippen LogP contribution in [-0.2, 0) is 6.54 Å². The van der Waals surface area contributed by atoms with Crippen LogP contribution in [0.3, 0.4) is 0 Å². The molecule has 2 N–H and O–H groups in total. The number of benzene rings is 1. The average molecular weight is 344 g/mol. The second-order valence-electron chi connectivity index (χ2n) is 6.13. The van der Waals surface area contributed by atoms with E-state index >= 15 is 0 Å². The highest BCUT2D eigenvalue weighted by Gasteiger charge is 2.21. The minimum atomic E-state index is 0.211. The molecule has 1 atom stereocenters. The molecule has 1 aromatic carbocycles. The van der Waals surface area contributed by atoms with Crippen molar-refractivity contribution in [1.82, 2.24) is 15.6 Å². The number of nitrogens with zero attached hydrogens (tertiary/aromatic N) is 2. The molecule has 0 radical (unpaired) electrons. The number of thiazole rings is 1. The van der Waals surface area contributed by atoms with E-state index in [2.05, 4.69) is 45.9 Å². The number of hydrogen-bond donors (Lipinski definition) is 2. The largest absolute Gasteiger partial charge is 0.493 e. The van der Waals surface area contributed by atoms with Crippen molar-refractivity contribution in [2.75, 3.05) is 13.7 Å². The molecule has 1 aromatic heterocycles. The van der Waals surface area contributed by atoms with E-state index in [9.17, 15) is 0 Å². The van der Waals surface area contributed by atoms with E-state index in [0.29, 0.717) is 12.5 Å². The van der Waals surface area contributed by atoms with Crippen molar-refractivity contribution in [1.29, 1.82) is 0 Å². The van der Waals surface area contributed by atoms with Gasteiger partial charge >= 0.3 is 0 Å². The summed E-state index contributed by atoms with van der Waals surface area (Å²) in [5.41, 5.74) is 2.24. The minimum absolute atomic E-state index is 0.211. The third-order valence-corrected chi connectivity index (χ3v) is 5.19. The lowest BCUT2D eigenvalue weighted by Crippen LogP contribution is -2.40. The molecule has 2 heterocycles. The van der Waals surface area contributed by atoms with E-state index in [1.165, 1.54) is 10.6 Å². The van der Waals surface area contributed by atoms with Crippen LogP contribution in [0.5, 0.6) is 5.75 Å². The van der Waals surface area contributed by atoms with E-state index in [0.717, 1.165) is 30.4 Å². The highest BCUT2D eigenvalue weighted by Crippen LogP contribution is 2.31. The summed E-state index contributed by atoms with van der Waals surface area (Å²) in [5, 5.41) is 10.1. The predicted octanol–water partition coefficient (Wildman–Crippen LogP) is 3.46. The summed E-state index contributed by atoms with van der Waals surface area (Å²) in [7, 11) is 1.79. The lowest BCUT2D eigenvalue weighted by molar-refractivity contribution is 0.261. The molecule has 0 spiro atoms. The molecule has 1 unspecified atom stereocenters. The smallest absolute Gasteiger partial charge is 0.191 e. The first-order valence-electron chi connectivity index (χ1n) is 8.30. The maximum Gasteiger partial charge on any atom is 0.191 e. The number of aromatic nitrogens is 1. The van der Waals surface area contributed by atoms with Gasteiger partial charge in [-0.15, -0.1) is 11.3 Å². The van der Waals surface area contributed by atoms with Crippen molar-refractivity contribution < 1.29 is 4.74 Å². The van der Waals surface area contributed by atoms with Crippen LogP contribution in [0.15, 0.2) is 34.6 Å². The molecule has 0 bridgehead atoms. The van der Waals surface area contributed by atoms with Crippen molar-refractivity contribution in [2.24, 2.45) is 4.99 Å². The van der Waals surface area contributed by atoms with Crippen LogP contribution >= 0.6 is 11.3 Å². The first-order chi connectivity index (χ1) is 11.7. The molecule has 2 aromatic rings. The monoisotopic (exact) mass is 344 g/mol. The number of para-hydroxylation sites is 1. The highest BCUT2D eigenvalue weighted by atomic mass is 32.1. The molecule has 128 valence electrons. The number of hydrogen-bond acceptors (Lipinski definition) is 4. The Hall–Kier alpha value is -2.08. The maximum absolute atomic E-state index is 5.71. The molecule has 0 aliphatic carbocycles. The van der Waals surface area contributed by atoms with E-state index in [-0.39, 0.29) is 6.04 Å². The average Bonchev–Trinajstić information content (AvgIpc) is 3.08. The molecule has 3 rings (SSSR count). The van der Waals surface area contributed by atoms with Gasteiger partial charge in [0.15, 0.2) is 5.96 Å². The van der Waals surface area contributed by atoms with Crippen molar-refractivity contribution in [2.45, 2.75) is 38.8 Å². The van der Waals surface area contributed by atoms with Crippen molar-refractivity contribution >= 4 is 17.3 Å². The number of guanidine groups is 1. The van der Waals surface area contributed by atoms with Gasteiger partial charge in [-0.3, -0.25) is 4.99 Å². The van der Waals surface area contributed by atoms with Gasteiger partial charge < -0.3 is 15.4 Å². The Balaban J connectivity index is 1.61. The Morgan fingerprint density at radius 3 is 3.00 bits per heavy atom. The van der Waals surface area contributed by atoms with E-state index in [4.69, 9.17) is 4.74 Å². The van der Waals surface area contributed by atoms with E-state index < -0.39 is 0 Å². The zero-order valence-corrected chi connectivity index (χ0v) is 15.2. The van der Waals surface area contributed by atoms with E-state index in [1.54, 1.807) is 18.4 Å². The zero-order valence-electron chi connectivity index (χ0n) is 14.4. The van der Waals surface area contributed by atoms with Crippen LogP contribution in [0, 0.1) is 0 Å². The Morgan fingerprint density at radius 2 is 2.25 bits per heavy atom. The second-order valence-corrected chi connectivity index (χ2v) is 7.02. The summed E-state index contributed by atoms with van der Waals surface area (Å²) in [6.07, 6.45) is 0.923. The van der Waals surface area contributed by atoms with Gasteiger partial charge in [-0.05, 0) is 6.07 Å². The van der Waals surface area contributed by atoms with E-state index in [1.807, 2.05) is 18.2 Å². The van der Waals surface area contributed by atoms with Crippen LogP contribution in [0.2, 0.25) is 0 Å². The van der Waals surface area contributed by atoms with Crippen LogP contribution in [0.4, 0.5) is 0 Å². The molecule has 5 nitrogen and oxygen atoms in total. The predicted molar refractivity (Wildman–Crippen MR) is 98.8 cm³/mol. The molecule has 0 fully saturated rings. The highest BCUT2D eigenvalue weighted by molar-refractivity contribution is 7.09. The Kier molecular flexibility index (Phi) is 5.35. The standard InChI is InChI=1S/C18H24N4OS/c1-12(2)17-21-13(11-24-17)10-20-18(19-3)22-15-8-9-23-16-7-5-4-6-14(15)16/h4-7,11-12,15H,8-10H2,1-3H3,(H2,19,20,22). The number of nitrogens with one attached hydrogen (secondary N) is 2. The quantitative estimate of drug-likeness (QED) is 0.659. The SMILES string of the molecule is CN=C(NCc1csc(C(C)C)n1)NC1CCOc2ccccc21. The summed E-state index contributed by atoms with van der Waals surface area (Å²) in [6.45, 7) is 5.72. The van der Waals surface area contributed by atoms with Crippen molar-refractivity contribution in [3.63, 3.8) is 0 Å². The minimum Gasteiger partial charge on any atom is -0.493 e. The van der Waals surface area contributed by atoms with Gasteiger partial charge in [-0.25, -0.2) is 4.98 Å². The van der Waals surface area contributed by atoms with Crippen LogP contribution in [-0.4, -0.2) is 24.6 Å². The number of fused-ring (bicyclic) bond motifs is 1. The summed E-state index contributed by atoms with van der Waals surface area (Å²) in [6, 6.07) is 8.38. The van der Waals surface area contributed by atoms with Gasteiger partial charge in [-0.2, -0.15) is 0 Å². The lowest BCUT2D eigenvalue weighted by atomic mass is 10.0. The molecule has 24 heavy (non-hydrogen) atoms. The molecule has 0 amide bonds. The van der Waals surface area contributed by atoms with Gasteiger partial charge in [-0.1, -0.05) is 32.0 Å². The summed E-state index contributed by atoms with van der Waals surface area (Å²) < 4.78 is 5.71. The van der Waals surface area contributed by atoms with Crippen LogP contribution in [0.1, 0.15) is 48.5 Å². The van der Waals surface area contributed by atoms with Crippen molar-refractivity contribution in [3.05, 3.63) is 45.9 Å². The van der Waals surface area contributed by atoms with Gasteiger partial charge in [0.2, 0.25) is 0 Å². The molecular formula is C18H24N4OS. The first kappa shape index (κ1) is 16.8. The molecule has 1 aliphatic heterocycles. The van der Waals surface area contributed by atoms with Gasteiger partial charge in [0.05, 0.1) is 29.9 Å². The fourth-order valence-electron chi connectivity index (χ4n) is 2.69. The summed E-state index contributed by atoms with van der Waals surface area (Å²) in [5.74, 6) is 2.22. The summed E-state index contributed by atoms with van der Waals surface area (Å²) in [4.78, 5) is 8.99. The van der Waals surface area contributed by atoms with Crippen molar-refractivity contribution in [3.8, 4) is 5.75 Å². The topological polar surface area (TPSA) is 58.5 Å². The Bertz CT molecular complexity index is 711. The number of ether oxygens (including phenoxy) is 1. The van der Waals surface area contributed by atoms with Gasteiger partial charge in [0, 0.05) is 30.3 Å². The van der Waals surface area contributed by atoms with Gasteiger partial charge in [0.1, 0.15) is 5.75 Å². The normalized spacial score (nSPS) is 17.3. The Labute approximate surface area is 147 Å². The molecule has 6 heteroatoms. The molecule has 0 saturated heterocycles. The molecular weight excluding hydrogens is 320 g/mol. The number of aliphatic imine (C=N–C) groups is 1. The second kappa shape index (κ2) is 7.66. The first-order valence-corrected chi connectivity index (χ1v) is 9.18. The zero-order chi connectivity index (χ0) is 16.9. The Morgan fingerprint density at radius 1 is 1.42 bits per heavy atom. The lowest BCUT2D eigenvalue weighted by Gasteiger charge is -2.28. The molecule has 0 saturated carbocycles. The third-order valence-electron chi connectivity index (χ3n) is 3.99. The molecule has 1 aliphatic rings. The third kappa shape index (κ3) is 3.87. The fourth-order valence-corrected chi connectivity index (χ4v) is 3.53. The maximum atomic E-state index is 5.71. The van der Waals surface area contributed by atoms with Gasteiger partial charge in [0.25, 0.3) is 0 Å². The number of rotatable bonds is 4. The van der Waals surface area contributed by atoms with Crippen LogP contribution in [0.25, 0.3) is 0 Å². The summed E-state index contributed by atoms with van der Waals surface area (Å²) >= 11 is 1.72. The fraction of sp³-hybridized carbons (Fsp3) is 0.444. The van der Waals surface area contributed by atoms with Crippen LogP contribution < -0.4 is 15.4 Å².